The van der Waals surface area contributed by atoms with E-state index in [9.17, 15) is 0 Å². The zero-order chi connectivity index (χ0) is 14.8. The van der Waals surface area contributed by atoms with Gasteiger partial charge in [-0.25, -0.2) is 4.98 Å². The maximum atomic E-state index is 4.50. The van der Waals surface area contributed by atoms with Gasteiger partial charge in [-0.1, -0.05) is 6.07 Å². The average Bonchev–Trinajstić information content (AvgIpc) is 2.92. The van der Waals surface area contributed by atoms with Gasteiger partial charge in [-0.15, -0.1) is 0 Å². The number of fused-ring (bicyclic) bond motifs is 1. The second-order valence-corrected chi connectivity index (χ2v) is 5.49. The van der Waals surface area contributed by atoms with Gasteiger partial charge >= 0.3 is 0 Å². The van der Waals surface area contributed by atoms with Crippen molar-refractivity contribution in [2.24, 2.45) is 0 Å². The van der Waals surface area contributed by atoms with Crippen LogP contribution in [0, 0.1) is 6.92 Å². The zero-order valence-electron chi connectivity index (χ0n) is 11.7. The standard InChI is InChI=1S/C14H15BrN6/c1-3-16-14-20-12-11(17-7-18-12)13(21-14)19-10-6-8(2)4-5-9(10)15/h4-7H,3H2,1-2H3,(H3,16,17,18,19,20,21). The van der Waals surface area contributed by atoms with Crippen molar-refractivity contribution in [1.29, 1.82) is 0 Å². The van der Waals surface area contributed by atoms with Gasteiger partial charge in [-0.05, 0) is 47.5 Å². The highest BCUT2D eigenvalue weighted by atomic mass is 79.9. The van der Waals surface area contributed by atoms with Crippen LogP contribution < -0.4 is 10.6 Å². The number of nitrogens with one attached hydrogen (secondary N) is 3. The number of halogens is 1. The van der Waals surface area contributed by atoms with Crippen molar-refractivity contribution < 1.29 is 0 Å². The van der Waals surface area contributed by atoms with Crippen LogP contribution in [0.2, 0.25) is 0 Å². The molecule has 1 aromatic carbocycles. The first-order valence-corrected chi connectivity index (χ1v) is 7.45. The lowest BCUT2D eigenvalue weighted by atomic mass is 10.2. The molecule has 2 aromatic heterocycles. The molecule has 21 heavy (non-hydrogen) atoms. The highest BCUT2D eigenvalue weighted by Crippen LogP contribution is 2.29. The third kappa shape index (κ3) is 2.82. The molecule has 3 aromatic rings. The van der Waals surface area contributed by atoms with Crippen molar-refractivity contribution in [3.63, 3.8) is 0 Å². The molecule has 6 nitrogen and oxygen atoms in total. The molecule has 0 spiro atoms. The molecule has 0 bridgehead atoms. The van der Waals surface area contributed by atoms with E-state index in [1.54, 1.807) is 6.33 Å². The van der Waals surface area contributed by atoms with Crippen LogP contribution in [0.15, 0.2) is 29.0 Å². The Morgan fingerprint density at radius 2 is 2.14 bits per heavy atom. The maximum absolute atomic E-state index is 4.50. The van der Waals surface area contributed by atoms with Gasteiger partial charge in [0.25, 0.3) is 0 Å². The van der Waals surface area contributed by atoms with Crippen LogP contribution in [0.3, 0.4) is 0 Å². The van der Waals surface area contributed by atoms with Crippen LogP contribution in [0.25, 0.3) is 11.2 Å². The molecule has 0 amide bonds. The number of aromatic nitrogens is 4. The van der Waals surface area contributed by atoms with Crippen LogP contribution in [0.4, 0.5) is 17.5 Å². The van der Waals surface area contributed by atoms with Gasteiger partial charge in [-0.2, -0.15) is 9.97 Å². The van der Waals surface area contributed by atoms with Crippen molar-refractivity contribution in [3.05, 3.63) is 34.6 Å². The summed E-state index contributed by atoms with van der Waals surface area (Å²) in [6.45, 7) is 4.80. The van der Waals surface area contributed by atoms with Crippen molar-refractivity contribution >= 4 is 44.5 Å². The van der Waals surface area contributed by atoms with E-state index < -0.39 is 0 Å². The van der Waals surface area contributed by atoms with Crippen molar-refractivity contribution in [2.75, 3.05) is 17.2 Å². The fraction of sp³-hybridized carbons (Fsp3) is 0.214. The van der Waals surface area contributed by atoms with E-state index in [-0.39, 0.29) is 0 Å². The number of aryl methyl sites for hydroxylation is 1. The van der Waals surface area contributed by atoms with Crippen LogP contribution in [-0.2, 0) is 0 Å². The molecule has 0 fully saturated rings. The first kappa shape index (κ1) is 13.8. The number of anilines is 3. The molecule has 7 heteroatoms. The van der Waals surface area contributed by atoms with Crippen molar-refractivity contribution in [3.8, 4) is 0 Å². The van der Waals surface area contributed by atoms with Crippen LogP contribution in [0.5, 0.6) is 0 Å². The molecule has 108 valence electrons. The molecule has 2 heterocycles. The van der Waals surface area contributed by atoms with E-state index in [2.05, 4.69) is 52.6 Å². The maximum Gasteiger partial charge on any atom is 0.226 e. The highest BCUT2D eigenvalue weighted by molar-refractivity contribution is 9.10. The highest BCUT2D eigenvalue weighted by Gasteiger charge is 2.11. The lowest BCUT2D eigenvalue weighted by Crippen LogP contribution is -2.05. The monoisotopic (exact) mass is 346 g/mol. The summed E-state index contributed by atoms with van der Waals surface area (Å²) in [5.74, 6) is 1.25. The zero-order valence-corrected chi connectivity index (χ0v) is 13.3. The van der Waals surface area contributed by atoms with Crippen LogP contribution >= 0.6 is 15.9 Å². The number of benzene rings is 1. The molecule has 0 aliphatic carbocycles. The SMILES string of the molecule is CCNc1nc(Nc2cc(C)ccc2Br)c2[nH]cnc2n1. The fourth-order valence-corrected chi connectivity index (χ4v) is 2.37. The number of nitrogens with zero attached hydrogens (tertiary/aromatic N) is 3. The molecule has 3 N–H and O–H groups in total. The van der Waals surface area contributed by atoms with Gasteiger partial charge < -0.3 is 15.6 Å². The Labute approximate surface area is 130 Å². The first-order valence-electron chi connectivity index (χ1n) is 6.65. The summed E-state index contributed by atoms with van der Waals surface area (Å²) in [5, 5.41) is 6.45. The molecule has 0 aliphatic heterocycles. The Kier molecular flexibility index (Phi) is 3.74. The van der Waals surface area contributed by atoms with Crippen LogP contribution in [-0.4, -0.2) is 26.5 Å². The molecule has 0 saturated carbocycles. The number of hydrogen-bond acceptors (Lipinski definition) is 5. The summed E-state index contributed by atoms with van der Waals surface area (Å²) in [7, 11) is 0. The Morgan fingerprint density at radius 3 is 2.95 bits per heavy atom. The lowest BCUT2D eigenvalue weighted by molar-refractivity contribution is 1.10. The summed E-state index contributed by atoms with van der Waals surface area (Å²) in [6.07, 6.45) is 1.62. The van der Waals surface area contributed by atoms with E-state index in [1.165, 1.54) is 5.56 Å². The molecule has 3 rings (SSSR count). The van der Waals surface area contributed by atoms with E-state index >= 15 is 0 Å². The number of H-pyrrole nitrogens is 1. The quantitative estimate of drug-likeness (QED) is 0.672. The third-order valence-corrected chi connectivity index (χ3v) is 3.69. The topological polar surface area (TPSA) is 78.5 Å². The summed E-state index contributed by atoms with van der Waals surface area (Å²) < 4.78 is 0.976. The number of imidazole rings is 1. The van der Waals surface area contributed by atoms with Crippen molar-refractivity contribution in [2.45, 2.75) is 13.8 Å². The second-order valence-electron chi connectivity index (χ2n) is 4.64. The lowest BCUT2D eigenvalue weighted by Gasteiger charge is -2.11. The van der Waals surface area contributed by atoms with Gasteiger partial charge in [0.2, 0.25) is 5.95 Å². The molecule has 0 radical (unpaired) electrons. The van der Waals surface area contributed by atoms with Gasteiger partial charge in [-0.3, -0.25) is 0 Å². The predicted molar refractivity (Wildman–Crippen MR) is 88.0 cm³/mol. The summed E-state index contributed by atoms with van der Waals surface area (Å²) in [4.78, 5) is 16.1. The van der Waals surface area contributed by atoms with Crippen molar-refractivity contribution in [1.82, 2.24) is 19.9 Å². The smallest absolute Gasteiger partial charge is 0.226 e. The Hall–Kier alpha value is -2.15. The fourth-order valence-electron chi connectivity index (χ4n) is 2.02. The molecule has 0 saturated heterocycles. The Morgan fingerprint density at radius 1 is 1.29 bits per heavy atom. The number of aromatic amines is 1. The van der Waals surface area contributed by atoms with Gasteiger partial charge in [0.1, 0.15) is 5.52 Å². The summed E-state index contributed by atoms with van der Waals surface area (Å²) >= 11 is 3.54. The van der Waals surface area contributed by atoms with Gasteiger partial charge in [0.15, 0.2) is 11.5 Å². The minimum Gasteiger partial charge on any atom is -0.354 e. The first-order chi connectivity index (χ1) is 10.2. The molecule has 0 unspecified atom stereocenters. The van der Waals surface area contributed by atoms with E-state index in [0.29, 0.717) is 17.4 Å². The average molecular weight is 347 g/mol. The predicted octanol–water partition coefficient (Wildman–Crippen LogP) is 3.60. The van der Waals surface area contributed by atoms with Crippen LogP contribution in [0.1, 0.15) is 12.5 Å². The third-order valence-electron chi connectivity index (χ3n) is 3.00. The van der Waals surface area contributed by atoms with Gasteiger partial charge in [0, 0.05) is 11.0 Å². The number of rotatable bonds is 4. The molecule has 0 aliphatic rings. The molecule has 0 atom stereocenters. The van der Waals surface area contributed by atoms with E-state index in [4.69, 9.17) is 0 Å². The van der Waals surface area contributed by atoms with Gasteiger partial charge in [0.05, 0.1) is 12.0 Å². The number of hydrogen-bond donors (Lipinski definition) is 3. The minimum atomic E-state index is 0.559. The normalized spacial score (nSPS) is 10.8. The Balaban J connectivity index is 2.06. The van der Waals surface area contributed by atoms with E-state index in [0.717, 1.165) is 22.2 Å². The van der Waals surface area contributed by atoms with E-state index in [1.807, 2.05) is 26.0 Å². The Bertz CT molecular complexity index is 782. The minimum absolute atomic E-state index is 0.559. The molecular weight excluding hydrogens is 332 g/mol. The second kappa shape index (κ2) is 5.69. The largest absolute Gasteiger partial charge is 0.354 e. The summed E-state index contributed by atoms with van der Waals surface area (Å²) in [5.41, 5.74) is 3.53. The molecular formula is C14H15BrN6. The summed E-state index contributed by atoms with van der Waals surface area (Å²) in [6, 6.07) is 6.11.